The lowest BCUT2D eigenvalue weighted by Gasteiger charge is -2.23. The lowest BCUT2D eigenvalue weighted by Crippen LogP contribution is -3.13. The van der Waals surface area contributed by atoms with Gasteiger partial charge in [-0.3, -0.25) is 4.57 Å². The zero-order chi connectivity index (χ0) is 18.6. The van der Waals surface area contributed by atoms with Crippen molar-refractivity contribution >= 4 is 12.2 Å². The van der Waals surface area contributed by atoms with E-state index in [1.807, 2.05) is 10.7 Å². The highest BCUT2D eigenvalue weighted by molar-refractivity contribution is 7.71. The molecular formula is C21H25N4OS+. The van der Waals surface area contributed by atoms with E-state index in [4.69, 9.17) is 22.1 Å². The molecule has 140 valence electrons. The molecular weight excluding hydrogens is 356 g/mol. The van der Waals surface area contributed by atoms with Crippen LogP contribution in [-0.2, 0) is 17.8 Å². The first-order valence-electron chi connectivity index (χ1n) is 9.42. The van der Waals surface area contributed by atoms with Gasteiger partial charge in [0.25, 0.3) is 0 Å². The van der Waals surface area contributed by atoms with E-state index >= 15 is 0 Å². The minimum absolute atomic E-state index is 0.754. The van der Waals surface area contributed by atoms with Crippen molar-refractivity contribution in [3.05, 3.63) is 76.3 Å². The Bertz CT molecular complexity index is 958. The molecule has 1 aliphatic heterocycles. The number of aryl methyl sites for hydroxylation is 1. The lowest BCUT2D eigenvalue weighted by atomic mass is 10.1. The van der Waals surface area contributed by atoms with Gasteiger partial charge in [0.05, 0.1) is 13.2 Å². The Kier molecular flexibility index (Phi) is 5.48. The van der Waals surface area contributed by atoms with E-state index in [1.54, 1.807) is 0 Å². The van der Waals surface area contributed by atoms with Crippen molar-refractivity contribution in [3.8, 4) is 5.69 Å². The average Bonchev–Trinajstić information content (AvgIpc) is 2.98. The van der Waals surface area contributed by atoms with Gasteiger partial charge in [0.1, 0.15) is 18.9 Å². The van der Waals surface area contributed by atoms with Gasteiger partial charge in [0.2, 0.25) is 4.77 Å². The number of hydrogen-bond donors (Lipinski definition) is 1. The Morgan fingerprint density at radius 3 is 2.59 bits per heavy atom. The molecule has 1 saturated heterocycles. The fraction of sp³-hybridized carbons (Fsp3) is 0.333. The minimum atomic E-state index is 0.754. The van der Waals surface area contributed by atoms with Gasteiger partial charge in [-0.2, -0.15) is 9.78 Å². The zero-order valence-electron chi connectivity index (χ0n) is 15.6. The van der Waals surface area contributed by atoms with Crippen LogP contribution in [0.2, 0.25) is 0 Å². The quantitative estimate of drug-likeness (QED) is 0.688. The Hall–Kier alpha value is -2.28. The summed E-state index contributed by atoms with van der Waals surface area (Å²) < 4.78 is 10.3. The highest BCUT2D eigenvalue weighted by Crippen LogP contribution is 2.17. The SMILES string of the molecule is Cc1cccc(-n2c(Cc3ccccc3)nn(C[NH+]3CCOCC3)c2=S)c1. The van der Waals surface area contributed by atoms with Crippen molar-refractivity contribution in [2.45, 2.75) is 20.0 Å². The molecule has 2 heterocycles. The summed E-state index contributed by atoms with van der Waals surface area (Å²) in [6.07, 6.45) is 0.754. The van der Waals surface area contributed by atoms with E-state index in [0.29, 0.717) is 0 Å². The number of rotatable bonds is 5. The van der Waals surface area contributed by atoms with Crippen molar-refractivity contribution in [1.82, 2.24) is 14.3 Å². The molecule has 1 fully saturated rings. The van der Waals surface area contributed by atoms with E-state index in [9.17, 15) is 0 Å². The van der Waals surface area contributed by atoms with Gasteiger partial charge in [0, 0.05) is 12.1 Å². The highest BCUT2D eigenvalue weighted by atomic mass is 32.1. The van der Waals surface area contributed by atoms with E-state index in [0.717, 1.165) is 55.7 Å². The number of ether oxygens (including phenoxy) is 1. The molecule has 0 aliphatic carbocycles. The Morgan fingerprint density at radius 2 is 1.85 bits per heavy atom. The number of morpholine rings is 1. The number of benzene rings is 2. The molecule has 6 heteroatoms. The smallest absolute Gasteiger partial charge is 0.207 e. The summed E-state index contributed by atoms with van der Waals surface area (Å²) in [7, 11) is 0. The monoisotopic (exact) mass is 381 g/mol. The maximum absolute atomic E-state index is 5.84. The van der Waals surface area contributed by atoms with Crippen LogP contribution < -0.4 is 4.90 Å². The molecule has 0 spiro atoms. The van der Waals surface area contributed by atoms with Crippen LogP contribution in [0.1, 0.15) is 17.0 Å². The van der Waals surface area contributed by atoms with Crippen LogP contribution in [0.5, 0.6) is 0 Å². The molecule has 1 aromatic heterocycles. The summed E-state index contributed by atoms with van der Waals surface area (Å²) in [6, 6.07) is 18.9. The van der Waals surface area contributed by atoms with Crippen molar-refractivity contribution in [3.63, 3.8) is 0 Å². The molecule has 2 aromatic carbocycles. The molecule has 0 amide bonds. The zero-order valence-corrected chi connectivity index (χ0v) is 16.4. The number of quaternary nitrogens is 1. The van der Waals surface area contributed by atoms with Crippen LogP contribution in [0.15, 0.2) is 54.6 Å². The van der Waals surface area contributed by atoms with E-state index in [-0.39, 0.29) is 0 Å². The summed E-state index contributed by atoms with van der Waals surface area (Å²) in [5.41, 5.74) is 3.53. The molecule has 4 rings (SSSR count). The van der Waals surface area contributed by atoms with E-state index in [1.165, 1.54) is 16.0 Å². The fourth-order valence-electron chi connectivity index (χ4n) is 3.51. The molecule has 0 atom stereocenters. The lowest BCUT2D eigenvalue weighted by molar-refractivity contribution is -0.930. The number of nitrogens with zero attached hydrogens (tertiary/aromatic N) is 3. The second-order valence-electron chi connectivity index (χ2n) is 7.06. The molecule has 27 heavy (non-hydrogen) atoms. The van der Waals surface area contributed by atoms with Crippen molar-refractivity contribution in [2.24, 2.45) is 0 Å². The topological polar surface area (TPSA) is 36.4 Å². The second kappa shape index (κ2) is 8.17. The van der Waals surface area contributed by atoms with Gasteiger partial charge in [-0.15, -0.1) is 0 Å². The van der Waals surface area contributed by atoms with Crippen LogP contribution in [0.4, 0.5) is 0 Å². The summed E-state index contributed by atoms with van der Waals surface area (Å²) in [4.78, 5) is 1.46. The maximum Gasteiger partial charge on any atom is 0.207 e. The fourth-order valence-corrected chi connectivity index (χ4v) is 3.82. The molecule has 3 aromatic rings. The molecule has 0 unspecified atom stereocenters. The maximum atomic E-state index is 5.84. The van der Waals surface area contributed by atoms with Gasteiger partial charge >= 0.3 is 0 Å². The van der Waals surface area contributed by atoms with Crippen LogP contribution in [0, 0.1) is 11.7 Å². The number of nitrogens with one attached hydrogen (secondary N) is 1. The predicted octanol–water partition coefficient (Wildman–Crippen LogP) is 2.18. The summed E-state index contributed by atoms with van der Waals surface area (Å²) in [5, 5.41) is 4.92. The van der Waals surface area contributed by atoms with Crippen LogP contribution >= 0.6 is 12.2 Å². The molecule has 5 nitrogen and oxygen atoms in total. The second-order valence-corrected chi connectivity index (χ2v) is 7.42. The first kappa shape index (κ1) is 18.1. The highest BCUT2D eigenvalue weighted by Gasteiger charge is 2.19. The van der Waals surface area contributed by atoms with Crippen molar-refractivity contribution < 1.29 is 9.64 Å². The molecule has 0 radical (unpaired) electrons. The van der Waals surface area contributed by atoms with Crippen LogP contribution in [0.25, 0.3) is 5.69 Å². The number of hydrogen-bond acceptors (Lipinski definition) is 3. The Balaban J connectivity index is 1.73. The van der Waals surface area contributed by atoms with E-state index in [2.05, 4.69) is 60.0 Å². The van der Waals surface area contributed by atoms with Gasteiger partial charge in [-0.1, -0.05) is 42.5 Å². The van der Waals surface area contributed by atoms with Gasteiger partial charge in [-0.25, -0.2) is 0 Å². The third kappa shape index (κ3) is 4.18. The molecule has 0 saturated carbocycles. The predicted molar refractivity (Wildman–Crippen MR) is 108 cm³/mol. The summed E-state index contributed by atoms with van der Waals surface area (Å²) in [5.74, 6) is 0.976. The normalized spacial score (nSPS) is 15.1. The summed E-state index contributed by atoms with van der Waals surface area (Å²) >= 11 is 5.84. The first-order chi connectivity index (χ1) is 13.2. The largest absolute Gasteiger partial charge is 0.370 e. The standard InChI is InChI=1S/C21H24N4OS/c1-17-6-5-9-19(14-17)25-20(15-18-7-3-2-4-8-18)22-24(21(25)27)16-23-10-12-26-13-11-23/h2-9,14H,10-13,15-16H2,1H3/p+1. The van der Waals surface area contributed by atoms with Gasteiger partial charge in [-0.05, 0) is 42.4 Å². The minimum Gasteiger partial charge on any atom is -0.370 e. The third-order valence-electron chi connectivity index (χ3n) is 4.94. The van der Waals surface area contributed by atoms with Crippen LogP contribution in [0.3, 0.4) is 0 Å². The first-order valence-corrected chi connectivity index (χ1v) is 9.82. The Labute approximate surface area is 164 Å². The molecule has 1 aliphatic rings. The van der Waals surface area contributed by atoms with Crippen LogP contribution in [-0.4, -0.2) is 40.7 Å². The van der Waals surface area contributed by atoms with Gasteiger partial charge in [0.15, 0.2) is 6.67 Å². The van der Waals surface area contributed by atoms with E-state index < -0.39 is 0 Å². The van der Waals surface area contributed by atoms with Crippen molar-refractivity contribution in [1.29, 1.82) is 0 Å². The average molecular weight is 382 g/mol. The number of aromatic nitrogens is 3. The van der Waals surface area contributed by atoms with Gasteiger partial charge < -0.3 is 9.64 Å². The summed E-state index contributed by atoms with van der Waals surface area (Å²) in [6.45, 7) is 6.48. The third-order valence-corrected chi connectivity index (χ3v) is 5.34. The van der Waals surface area contributed by atoms with Crippen molar-refractivity contribution in [2.75, 3.05) is 26.3 Å². The Morgan fingerprint density at radius 1 is 1.07 bits per heavy atom. The molecule has 1 N–H and O–H groups in total. The molecule has 0 bridgehead atoms.